The SMILES string of the molecule is CO[C@@]12CCC(O)CC1N(C(=O)c1[nH]c3c(C)ccc(C)c3c1C)CC2. The number of rotatable bonds is 2. The van der Waals surface area contributed by atoms with Crippen LogP contribution in [0.4, 0.5) is 0 Å². The molecular formula is C21H28N2O3. The van der Waals surface area contributed by atoms with Crippen LogP contribution in [0, 0.1) is 20.8 Å². The first-order chi connectivity index (χ1) is 12.4. The maximum atomic E-state index is 13.4. The number of nitrogens with zero attached hydrogens (tertiary/aromatic N) is 1. The van der Waals surface area contributed by atoms with E-state index in [0.717, 1.165) is 41.3 Å². The van der Waals surface area contributed by atoms with E-state index in [1.54, 1.807) is 7.11 Å². The molecule has 1 saturated heterocycles. The number of aliphatic hydroxyl groups excluding tert-OH is 1. The van der Waals surface area contributed by atoms with Crippen LogP contribution < -0.4 is 0 Å². The van der Waals surface area contributed by atoms with Gasteiger partial charge in [-0.3, -0.25) is 4.79 Å². The predicted molar refractivity (Wildman–Crippen MR) is 102 cm³/mol. The van der Waals surface area contributed by atoms with Crippen molar-refractivity contribution in [2.24, 2.45) is 0 Å². The number of benzene rings is 1. The normalized spacial score (nSPS) is 28.6. The Morgan fingerprint density at radius 3 is 2.69 bits per heavy atom. The predicted octanol–water partition coefficient (Wildman–Crippen LogP) is 3.24. The summed E-state index contributed by atoms with van der Waals surface area (Å²) in [6.45, 7) is 6.85. The number of aromatic nitrogens is 1. The molecule has 5 nitrogen and oxygen atoms in total. The highest BCUT2D eigenvalue weighted by molar-refractivity contribution is 6.02. The average Bonchev–Trinajstić information content (AvgIpc) is 3.17. The van der Waals surface area contributed by atoms with E-state index in [-0.39, 0.29) is 23.7 Å². The minimum absolute atomic E-state index is 0.0236. The second-order valence-corrected chi connectivity index (χ2v) is 8.04. The topological polar surface area (TPSA) is 65.6 Å². The van der Waals surface area contributed by atoms with Gasteiger partial charge in [-0.05, 0) is 63.1 Å². The van der Waals surface area contributed by atoms with Gasteiger partial charge in [-0.25, -0.2) is 0 Å². The number of aliphatic hydroxyl groups is 1. The number of methoxy groups -OCH3 is 1. The van der Waals surface area contributed by atoms with Crippen molar-refractivity contribution in [1.29, 1.82) is 0 Å². The van der Waals surface area contributed by atoms with Crippen molar-refractivity contribution in [2.45, 2.75) is 64.2 Å². The number of hydrogen-bond acceptors (Lipinski definition) is 3. The molecule has 26 heavy (non-hydrogen) atoms. The van der Waals surface area contributed by atoms with E-state index in [4.69, 9.17) is 4.74 Å². The maximum absolute atomic E-state index is 13.4. The molecule has 1 aliphatic carbocycles. The lowest BCUT2D eigenvalue weighted by Crippen LogP contribution is -2.52. The summed E-state index contributed by atoms with van der Waals surface area (Å²) in [7, 11) is 1.74. The van der Waals surface area contributed by atoms with Gasteiger partial charge in [0.1, 0.15) is 5.69 Å². The fourth-order valence-electron chi connectivity index (χ4n) is 5.08. The van der Waals surface area contributed by atoms with Gasteiger partial charge in [0.05, 0.1) is 17.7 Å². The third-order valence-corrected chi connectivity index (χ3v) is 6.66. The number of H-pyrrole nitrogens is 1. The highest BCUT2D eigenvalue weighted by atomic mass is 16.5. The molecule has 2 heterocycles. The van der Waals surface area contributed by atoms with Gasteiger partial charge in [-0.2, -0.15) is 0 Å². The Balaban J connectivity index is 1.74. The van der Waals surface area contributed by atoms with Crippen LogP contribution in [0.5, 0.6) is 0 Å². The van der Waals surface area contributed by atoms with E-state index < -0.39 is 0 Å². The fraction of sp³-hybridized carbons (Fsp3) is 0.571. The lowest BCUT2D eigenvalue weighted by molar-refractivity contribution is -0.0824. The van der Waals surface area contributed by atoms with Gasteiger partial charge < -0.3 is 19.7 Å². The molecule has 0 radical (unpaired) electrons. The highest BCUT2D eigenvalue weighted by Crippen LogP contribution is 2.43. The molecular weight excluding hydrogens is 328 g/mol. The number of aryl methyl sites for hydroxylation is 3. The summed E-state index contributed by atoms with van der Waals surface area (Å²) in [6, 6.07) is 4.14. The molecule has 1 aromatic carbocycles. The average molecular weight is 356 g/mol. The second kappa shape index (κ2) is 6.10. The summed E-state index contributed by atoms with van der Waals surface area (Å²) >= 11 is 0. The molecule has 4 rings (SSSR count). The van der Waals surface area contributed by atoms with Crippen molar-refractivity contribution < 1.29 is 14.6 Å². The number of amides is 1. The number of carbonyl (C=O) groups is 1. The molecule has 2 fully saturated rings. The van der Waals surface area contributed by atoms with Crippen molar-refractivity contribution in [3.8, 4) is 0 Å². The Morgan fingerprint density at radius 2 is 2.00 bits per heavy atom. The highest BCUT2D eigenvalue weighted by Gasteiger charge is 2.52. The van der Waals surface area contributed by atoms with E-state index in [0.29, 0.717) is 18.7 Å². The molecule has 1 amide bonds. The standard InChI is InChI=1S/C21H28N2O3/c1-12-5-6-13(2)18-17(12)14(3)19(22-18)20(25)23-10-9-21(26-4)8-7-15(24)11-16(21)23/h5-6,15-16,22,24H,7-11H2,1-4H3/t15?,16?,21-/m1/s1. The zero-order chi connectivity index (χ0) is 18.6. The zero-order valence-corrected chi connectivity index (χ0v) is 16.1. The van der Waals surface area contributed by atoms with Crippen LogP contribution in [0.3, 0.4) is 0 Å². The quantitative estimate of drug-likeness (QED) is 0.868. The summed E-state index contributed by atoms with van der Waals surface area (Å²) < 4.78 is 5.88. The van der Waals surface area contributed by atoms with Crippen LogP contribution in [-0.4, -0.2) is 52.3 Å². The van der Waals surface area contributed by atoms with Gasteiger partial charge >= 0.3 is 0 Å². The number of carbonyl (C=O) groups excluding carboxylic acids is 1. The Labute approximate surface area is 154 Å². The van der Waals surface area contributed by atoms with Crippen LogP contribution in [0.15, 0.2) is 12.1 Å². The number of hydrogen-bond donors (Lipinski definition) is 2. The Hall–Kier alpha value is -1.85. The Morgan fingerprint density at radius 1 is 1.27 bits per heavy atom. The van der Waals surface area contributed by atoms with Crippen molar-refractivity contribution in [3.05, 3.63) is 34.5 Å². The maximum Gasteiger partial charge on any atom is 0.270 e. The van der Waals surface area contributed by atoms with Gasteiger partial charge in [0, 0.05) is 24.6 Å². The minimum Gasteiger partial charge on any atom is -0.393 e. The molecule has 5 heteroatoms. The smallest absolute Gasteiger partial charge is 0.270 e. The molecule has 3 atom stereocenters. The summed E-state index contributed by atoms with van der Waals surface area (Å²) in [6.07, 6.45) is 2.63. The Kier molecular flexibility index (Phi) is 4.12. The van der Waals surface area contributed by atoms with Crippen LogP contribution in [0.1, 0.15) is 52.9 Å². The lowest BCUT2D eigenvalue weighted by atomic mass is 9.79. The minimum atomic E-state index is -0.357. The van der Waals surface area contributed by atoms with E-state index in [1.165, 1.54) is 5.56 Å². The summed E-state index contributed by atoms with van der Waals surface area (Å²) in [5.41, 5.74) is 4.75. The van der Waals surface area contributed by atoms with E-state index in [1.807, 2.05) is 11.8 Å². The molecule has 2 aromatic rings. The number of ether oxygens (including phenoxy) is 1. The van der Waals surface area contributed by atoms with Crippen LogP contribution in [0.25, 0.3) is 10.9 Å². The number of nitrogens with one attached hydrogen (secondary N) is 1. The molecule has 2 N–H and O–H groups in total. The summed E-state index contributed by atoms with van der Waals surface area (Å²) in [5.74, 6) is 0.0236. The number of aromatic amines is 1. The van der Waals surface area contributed by atoms with Crippen molar-refractivity contribution in [1.82, 2.24) is 9.88 Å². The van der Waals surface area contributed by atoms with Gasteiger partial charge in [0.15, 0.2) is 0 Å². The lowest BCUT2D eigenvalue weighted by Gasteiger charge is -2.42. The van der Waals surface area contributed by atoms with Crippen molar-refractivity contribution in [2.75, 3.05) is 13.7 Å². The van der Waals surface area contributed by atoms with Crippen LogP contribution in [0.2, 0.25) is 0 Å². The van der Waals surface area contributed by atoms with Crippen molar-refractivity contribution in [3.63, 3.8) is 0 Å². The third kappa shape index (κ3) is 2.41. The molecule has 1 aliphatic heterocycles. The first kappa shape index (κ1) is 17.6. The van der Waals surface area contributed by atoms with Crippen LogP contribution >= 0.6 is 0 Å². The molecule has 0 spiro atoms. The zero-order valence-electron chi connectivity index (χ0n) is 16.1. The van der Waals surface area contributed by atoms with Gasteiger partial charge in [0.2, 0.25) is 0 Å². The first-order valence-corrected chi connectivity index (χ1v) is 9.50. The third-order valence-electron chi connectivity index (χ3n) is 6.66. The number of fused-ring (bicyclic) bond motifs is 2. The van der Waals surface area contributed by atoms with Gasteiger partial charge in [-0.1, -0.05) is 12.1 Å². The van der Waals surface area contributed by atoms with E-state index >= 15 is 0 Å². The summed E-state index contributed by atoms with van der Waals surface area (Å²) in [4.78, 5) is 18.8. The second-order valence-electron chi connectivity index (χ2n) is 8.04. The molecule has 140 valence electrons. The molecule has 2 aliphatic rings. The monoisotopic (exact) mass is 356 g/mol. The van der Waals surface area contributed by atoms with E-state index in [2.05, 4.69) is 31.0 Å². The van der Waals surface area contributed by atoms with E-state index in [9.17, 15) is 9.90 Å². The molecule has 1 aromatic heterocycles. The molecule has 1 saturated carbocycles. The first-order valence-electron chi connectivity index (χ1n) is 9.50. The summed E-state index contributed by atoms with van der Waals surface area (Å²) in [5, 5.41) is 11.3. The largest absolute Gasteiger partial charge is 0.393 e. The molecule has 2 unspecified atom stereocenters. The molecule has 0 bridgehead atoms. The Bertz CT molecular complexity index is 872. The van der Waals surface area contributed by atoms with Crippen LogP contribution in [-0.2, 0) is 4.74 Å². The fourth-order valence-corrected chi connectivity index (χ4v) is 5.08. The van der Waals surface area contributed by atoms with Gasteiger partial charge in [-0.15, -0.1) is 0 Å². The number of likely N-dealkylation sites (tertiary alicyclic amines) is 1. The van der Waals surface area contributed by atoms with Gasteiger partial charge in [0.25, 0.3) is 5.91 Å². The van der Waals surface area contributed by atoms with Crippen molar-refractivity contribution >= 4 is 16.8 Å².